The van der Waals surface area contributed by atoms with E-state index in [4.69, 9.17) is 8.85 Å². The first-order valence-electron chi connectivity index (χ1n) is 18.0. The maximum absolute atomic E-state index is 14.2. The van der Waals surface area contributed by atoms with E-state index in [1.165, 1.54) is 20.7 Å². The Balaban J connectivity index is 1.61. The van der Waals surface area contributed by atoms with Gasteiger partial charge in [0.1, 0.15) is 0 Å². The van der Waals surface area contributed by atoms with Crippen LogP contribution in [0.5, 0.6) is 0 Å². The maximum Gasteiger partial charge on any atom is 0.261 e. The van der Waals surface area contributed by atoms with Gasteiger partial charge in [0, 0.05) is 4.90 Å². The van der Waals surface area contributed by atoms with Crippen molar-refractivity contribution in [2.45, 2.75) is 76.5 Å². The molecule has 5 aromatic carbocycles. The molecule has 266 valence electrons. The molecule has 1 unspecified atom stereocenters. The second-order valence-electron chi connectivity index (χ2n) is 15.5. The number of benzene rings is 5. The fourth-order valence-electron chi connectivity index (χ4n) is 7.28. The predicted molar refractivity (Wildman–Crippen MR) is 222 cm³/mol. The van der Waals surface area contributed by atoms with Crippen molar-refractivity contribution in [2.24, 2.45) is 0 Å². The molecule has 2 atom stereocenters. The molecule has 0 fully saturated rings. The zero-order valence-corrected chi connectivity index (χ0v) is 34.4. The molecule has 0 amide bonds. The highest BCUT2D eigenvalue weighted by molar-refractivity contribution is 7.85. The van der Waals surface area contributed by atoms with Crippen molar-refractivity contribution >= 4 is 48.2 Å². The topological polar surface area (TPSA) is 35.5 Å². The average Bonchev–Trinajstić information content (AvgIpc) is 3.12. The number of aryl methyl sites for hydroxylation is 1. The van der Waals surface area contributed by atoms with E-state index in [9.17, 15) is 4.21 Å². The summed E-state index contributed by atoms with van der Waals surface area (Å²) in [6, 6.07) is 50.9. The minimum Gasteiger partial charge on any atom is -0.404 e. The van der Waals surface area contributed by atoms with Crippen LogP contribution in [0.1, 0.15) is 54.0 Å². The van der Waals surface area contributed by atoms with Gasteiger partial charge in [-0.15, -0.1) is 0 Å². The van der Waals surface area contributed by atoms with Gasteiger partial charge >= 0.3 is 0 Å². The van der Waals surface area contributed by atoms with E-state index in [0.717, 1.165) is 16.0 Å². The third-order valence-electron chi connectivity index (χ3n) is 9.95. The summed E-state index contributed by atoms with van der Waals surface area (Å²) in [5.41, 5.74) is 2.17. The molecule has 51 heavy (non-hydrogen) atoms. The van der Waals surface area contributed by atoms with Gasteiger partial charge in [0.2, 0.25) is 0 Å². The largest absolute Gasteiger partial charge is 0.404 e. The summed E-state index contributed by atoms with van der Waals surface area (Å²) in [5.74, 6) is 0.342. The summed E-state index contributed by atoms with van der Waals surface area (Å²) in [6.07, 6.45) is 1.77. The SMILES string of the molecule is C/C(=C/CO[Si](c1ccccc1)(c1ccccc1)C(C)(C)C)[C@H](CS(=O)c1ccc(C)cc1)O[Si](c1ccccc1)(c1ccccc1)C(C)(C)C. The summed E-state index contributed by atoms with van der Waals surface area (Å²) in [6.45, 7) is 18.4. The van der Waals surface area contributed by atoms with Crippen LogP contribution in [0.2, 0.25) is 10.1 Å². The Kier molecular flexibility index (Phi) is 12.4. The van der Waals surface area contributed by atoms with Crippen molar-refractivity contribution in [3.63, 3.8) is 0 Å². The monoisotopic (exact) mass is 730 g/mol. The lowest BCUT2D eigenvalue weighted by Crippen LogP contribution is -2.68. The van der Waals surface area contributed by atoms with Crippen LogP contribution >= 0.6 is 0 Å². The van der Waals surface area contributed by atoms with E-state index in [0.29, 0.717) is 12.4 Å². The van der Waals surface area contributed by atoms with Gasteiger partial charge in [-0.25, -0.2) is 0 Å². The Labute approximate surface area is 311 Å². The molecule has 0 aliphatic rings. The minimum absolute atomic E-state index is 0.144. The quantitative estimate of drug-likeness (QED) is 0.0900. The molecule has 0 N–H and O–H groups in total. The summed E-state index contributed by atoms with van der Waals surface area (Å²) in [5, 5.41) is 4.52. The number of hydrogen-bond donors (Lipinski definition) is 0. The second kappa shape index (κ2) is 16.3. The van der Waals surface area contributed by atoms with Gasteiger partial charge in [0.25, 0.3) is 16.6 Å². The first-order chi connectivity index (χ1) is 24.3. The van der Waals surface area contributed by atoms with Crippen LogP contribution in [0.15, 0.2) is 162 Å². The van der Waals surface area contributed by atoms with Gasteiger partial charge < -0.3 is 8.85 Å². The Morgan fingerprint density at radius 2 is 0.980 bits per heavy atom. The zero-order valence-electron chi connectivity index (χ0n) is 31.6. The van der Waals surface area contributed by atoms with Crippen LogP contribution < -0.4 is 20.7 Å². The van der Waals surface area contributed by atoms with Crippen molar-refractivity contribution in [3.05, 3.63) is 163 Å². The van der Waals surface area contributed by atoms with E-state index in [1.807, 2.05) is 24.3 Å². The van der Waals surface area contributed by atoms with E-state index in [-0.39, 0.29) is 10.1 Å². The van der Waals surface area contributed by atoms with Crippen LogP contribution in [0.4, 0.5) is 0 Å². The molecule has 0 radical (unpaired) electrons. The van der Waals surface area contributed by atoms with E-state index >= 15 is 0 Å². The molecule has 0 saturated heterocycles. The van der Waals surface area contributed by atoms with Gasteiger partial charge in [-0.2, -0.15) is 0 Å². The summed E-state index contributed by atoms with van der Waals surface area (Å²) in [4.78, 5) is 0.813. The molecule has 5 rings (SSSR count). The van der Waals surface area contributed by atoms with E-state index < -0.39 is 33.5 Å². The third kappa shape index (κ3) is 8.37. The van der Waals surface area contributed by atoms with Crippen molar-refractivity contribution in [2.75, 3.05) is 12.4 Å². The van der Waals surface area contributed by atoms with Crippen LogP contribution in [0.3, 0.4) is 0 Å². The molecule has 0 aliphatic carbocycles. The molecule has 5 aromatic rings. The molecule has 3 nitrogen and oxygen atoms in total. The third-order valence-corrected chi connectivity index (χ3v) is 21.4. The molecule has 0 aromatic heterocycles. The molecule has 0 heterocycles. The standard InChI is InChI=1S/C45H54O3SSi2/c1-36-29-31-38(32-30-36)49(46)35-43(48-51(45(6,7)8,41-25-17-11-18-26-41)42-27-19-12-20-28-42)37(2)33-34-47-50(44(3,4)5,39-21-13-9-14-22-39)40-23-15-10-16-24-40/h9-33,43H,34-35H2,1-8H3/b37-33-/t43-,49?/m0/s1. The fourth-order valence-corrected chi connectivity index (χ4v) is 17.8. The number of hydrogen-bond acceptors (Lipinski definition) is 3. The smallest absolute Gasteiger partial charge is 0.261 e. The Morgan fingerprint density at radius 3 is 1.35 bits per heavy atom. The molecular weight excluding hydrogens is 677 g/mol. The van der Waals surface area contributed by atoms with E-state index in [1.54, 1.807) is 0 Å². The Hall–Kier alpha value is -3.66. The van der Waals surface area contributed by atoms with Crippen molar-refractivity contribution in [1.82, 2.24) is 0 Å². The lowest BCUT2D eigenvalue weighted by atomic mass is 10.2. The molecule has 0 bridgehead atoms. The van der Waals surface area contributed by atoms with Gasteiger partial charge in [0.15, 0.2) is 0 Å². The highest BCUT2D eigenvalue weighted by Crippen LogP contribution is 2.39. The Bertz CT molecular complexity index is 1800. The van der Waals surface area contributed by atoms with Crippen molar-refractivity contribution in [1.29, 1.82) is 0 Å². The number of rotatable bonds is 13. The maximum atomic E-state index is 14.2. The van der Waals surface area contributed by atoms with E-state index in [2.05, 4.69) is 183 Å². The average molecular weight is 731 g/mol. The normalized spacial score (nSPS) is 14.2. The lowest BCUT2D eigenvalue weighted by molar-refractivity contribution is 0.241. The highest BCUT2D eigenvalue weighted by Gasteiger charge is 2.52. The predicted octanol–water partition coefficient (Wildman–Crippen LogP) is 8.57. The van der Waals surface area contributed by atoms with Crippen molar-refractivity contribution < 1.29 is 13.1 Å². The first kappa shape index (κ1) is 38.6. The van der Waals surface area contributed by atoms with Crippen LogP contribution in [-0.2, 0) is 19.7 Å². The van der Waals surface area contributed by atoms with Crippen LogP contribution in [-0.4, -0.2) is 39.3 Å². The molecule has 0 saturated carbocycles. The zero-order chi connectivity index (χ0) is 36.7. The minimum atomic E-state index is -2.97. The van der Waals surface area contributed by atoms with Crippen LogP contribution in [0.25, 0.3) is 0 Å². The summed E-state index contributed by atoms with van der Waals surface area (Å²) < 4.78 is 29.2. The molecule has 0 spiro atoms. The van der Waals surface area contributed by atoms with Gasteiger partial charge in [-0.05, 0) is 62.4 Å². The molecule has 6 heteroatoms. The molecule has 0 aliphatic heterocycles. The summed E-state index contributed by atoms with van der Waals surface area (Å²) >= 11 is 0. The fraction of sp³-hybridized carbons (Fsp3) is 0.289. The van der Waals surface area contributed by atoms with Crippen LogP contribution in [0, 0.1) is 6.92 Å². The van der Waals surface area contributed by atoms with Gasteiger partial charge in [0.05, 0.1) is 29.3 Å². The van der Waals surface area contributed by atoms with Gasteiger partial charge in [-0.1, -0.05) is 187 Å². The Morgan fingerprint density at radius 1 is 0.608 bits per heavy atom. The first-order valence-corrected chi connectivity index (χ1v) is 23.1. The molecular formula is C45H54O3SSi2. The summed E-state index contributed by atoms with van der Waals surface area (Å²) in [7, 11) is -7.02. The highest BCUT2D eigenvalue weighted by atomic mass is 32.2. The van der Waals surface area contributed by atoms with Gasteiger partial charge in [-0.3, -0.25) is 4.21 Å². The van der Waals surface area contributed by atoms with Crippen molar-refractivity contribution in [3.8, 4) is 0 Å². The second-order valence-corrected chi connectivity index (χ2v) is 25.6. The lowest BCUT2D eigenvalue weighted by Gasteiger charge is -2.45.